The molecular formula is C14H20N4O. The van der Waals surface area contributed by atoms with Crippen molar-refractivity contribution in [3.63, 3.8) is 0 Å². The van der Waals surface area contributed by atoms with Crippen LogP contribution in [-0.2, 0) is 13.5 Å². The minimum atomic E-state index is 0.0694. The van der Waals surface area contributed by atoms with Gasteiger partial charge in [-0.05, 0) is 26.3 Å². The molecule has 0 amide bonds. The summed E-state index contributed by atoms with van der Waals surface area (Å²) in [5.74, 6) is 0.0694. The highest BCUT2D eigenvalue weighted by atomic mass is 16.1. The molecule has 2 aromatic heterocycles. The second-order valence-electron chi connectivity index (χ2n) is 4.91. The van der Waals surface area contributed by atoms with Crippen molar-refractivity contribution in [3.05, 3.63) is 35.4 Å². The Bertz CT molecular complexity index is 582. The van der Waals surface area contributed by atoms with E-state index in [1.54, 1.807) is 10.9 Å². The number of hydrogen-bond donors (Lipinski definition) is 0. The first kappa shape index (κ1) is 13.5. The molecule has 0 saturated heterocycles. The highest BCUT2D eigenvalue weighted by Crippen LogP contribution is 2.13. The first-order valence-corrected chi connectivity index (χ1v) is 6.58. The van der Waals surface area contributed by atoms with Gasteiger partial charge in [-0.25, -0.2) is 0 Å². The van der Waals surface area contributed by atoms with Gasteiger partial charge in [0.2, 0.25) is 0 Å². The van der Waals surface area contributed by atoms with Crippen molar-refractivity contribution in [3.8, 4) is 0 Å². The molecule has 0 aromatic carbocycles. The third-order valence-electron chi connectivity index (χ3n) is 3.58. The van der Waals surface area contributed by atoms with Gasteiger partial charge in [0.15, 0.2) is 5.78 Å². The Morgan fingerprint density at radius 2 is 2.21 bits per heavy atom. The molecule has 0 saturated carbocycles. The Morgan fingerprint density at radius 3 is 2.79 bits per heavy atom. The van der Waals surface area contributed by atoms with Crippen molar-refractivity contribution < 1.29 is 4.79 Å². The molecule has 19 heavy (non-hydrogen) atoms. The maximum absolute atomic E-state index is 12.2. The van der Waals surface area contributed by atoms with Gasteiger partial charge < -0.3 is 0 Å². The van der Waals surface area contributed by atoms with Gasteiger partial charge in [0.05, 0.1) is 23.9 Å². The number of nitrogens with zero attached hydrogens (tertiary/aromatic N) is 4. The molecule has 1 atom stereocenters. The molecule has 2 rings (SSSR count). The van der Waals surface area contributed by atoms with Crippen LogP contribution in [0.15, 0.2) is 18.5 Å². The van der Waals surface area contributed by atoms with Crippen LogP contribution in [0.2, 0.25) is 0 Å². The number of carbonyl (C=O) groups excluding carboxylic acids is 1. The lowest BCUT2D eigenvalue weighted by molar-refractivity contribution is 0.0991. The van der Waals surface area contributed by atoms with E-state index in [0.717, 1.165) is 17.8 Å². The molecule has 0 spiro atoms. The fourth-order valence-electron chi connectivity index (χ4n) is 1.94. The smallest absolute Gasteiger partial charge is 0.172 e. The second kappa shape index (κ2) is 5.38. The van der Waals surface area contributed by atoms with Crippen LogP contribution >= 0.6 is 0 Å². The molecule has 0 aliphatic carbocycles. The lowest BCUT2D eigenvalue weighted by Crippen LogP contribution is -2.08. The van der Waals surface area contributed by atoms with Gasteiger partial charge in [-0.1, -0.05) is 6.92 Å². The molecule has 5 heteroatoms. The summed E-state index contributed by atoms with van der Waals surface area (Å²) < 4.78 is 3.63. The average molecular weight is 260 g/mol. The second-order valence-corrected chi connectivity index (χ2v) is 4.91. The molecule has 0 N–H and O–H groups in total. The summed E-state index contributed by atoms with van der Waals surface area (Å²) in [5.41, 5.74) is 2.39. The Kier molecular flexibility index (Phi) is 3.83. The predicted molar refractivity (Wildman–Crippen MR) is 73.2 cm³/mol. The Labute approximate surface area is 113 Å². The van der Waals surface area contributed by atoms with Crippen LogP contribution in [0.1, 0.15) is 48.1 Å². The zero-order chi connectivity index (χ0) is 14.0. The Balaban J connectivity index is 2.11. The van der Waals surface area contributed by atoms with Gasteiger partial charge in [0.25, 0.3) is 0 Å². The molecule has 0 fully saturated rings. The van der Waals surface area contributed by atoms with Crippen molar-refractivity contribution in [2.75, 3.05) is 0 Å². The van der Waals surface area contributed by atoms with Gasteiger partial charge in [0, 0.05) is 25.0 Å². The number of rotatable bonds is 5. The summed E-state index contributed by atoms with van der Waals surface area (Å²) in [7, 11) is 1.84. The lowest BCUT2D eigenvalue weighted by atomic mass is 10.1. The third-order valence-corrected chi connectivity index (χ3v) is 3.58. The fraction of sp³-hybridized carbons (Fsp3) is 0.500. The maximum Gasteiger partial charge on any atom is 0.172 e. The summed E-state index contributed by atoms with van der Waals surface area (Å²) in [6.45, 7) is 6.14. The van der Waals surface area contributed by atoms with Crippen LogP contribution in [-0.4, -0.2) is 25.3 Å². The summed E-state index contributed by atoms with van der Waals surface area (Å²) >= 11 is 0. The SMILES string of the molecule is CCC(C)n1ccc(CC(=O)c2cnn(C)c2C)n1. The molecule has 102 valence electrons. The van der Waals surface area contributed by atoms with Gasteiger partial charge in [-0.15, -0.1) is 0 Å². The number of Topliss-reactive ketones (excluding diaryl/α,β-unsaturated/α-hetero) is 1. The molecule has 0 bridgehead atoms. The van der Waals surface area contributed by atoms with Crippen LogP contribution in [0.4, 0.5) is 0 Å². The molecule has 1 unspecified atom stereocenters. The number of hydrogen-bond acceptors (Lipinski definition) is 3. The van der Waals surface area contributed by atoms with Crippen LogP contribution in [0, 0.1) is 6.92 Å². The van der Waals surface area contributed by atoms with Crippen LogP contribution < -0.4 is 0 Å². The minimum absolute atomic E-state index is 0.0694. The zero-order valence-electron chi connectivity index (χ0n) is 11.9. The number of aryl methyl sites for hydroxylation is 1. The van der Waals surface area contributed by atoms with Crippen LogP contribution in [0.5, 0.6) is 0 Å². The van der Waals surface area contributed by atoms with E-state index in [4.69, 9.17) is 0 Å². The van der Waals surface area contributed by atoms with E-state index in [2.05, 4.69) is 24.0 Å². The van der Waals surface area contributed by atoms with Crippen LogP contribution in [0.25, 0.3) is 0 Å². The summed E-state index contributed by atoms with van der Waals surface area (Å²) in [5, 5.41) is 8.55. The third kappa shape index (κ3) is 2.75. The van der Waals surface area contributed by atoms with Gasteiger partial charge in [-0.2, -0.15) is 10.2 Å². The quantitative estimate of drug-likeness (QED) is 0.775. The van der Waals surface area contributed by atoms with E-state index in [1.807, 2.05) is 30.9 Å². The van der Waals surface area contributed by atoms with E-state index < -0.39 is 0 Å². The van der Waals surface area contributed by atoms with E-state index in [-0.39, 0.29) is 5.78 Å². The van der Waals surface area contributed by atoms with Gasteiger partial charge >= 0.3 is 0 Å². The monoisotopic (exact) mass is 260 g/mol. The maximum atomic E-state index is 12.2. The Morgan fingerprint density at radius 1 is 1.47 bits per heavy atom. The molecule has 2 heterocycles. The largest absolute Gasteiger partial charge is 0.294 e. The number of carbonyl (C=O) groups is 1. The topological polar surface area (TPSA) is 52.7 Å². The molecule has 0 aliphatic rings. The normalized spacial score (nSPS) is 12.6. The van der Waals surface area contributed by atoms with Crippen molar-refractivity contribution in [1.82, 2.24) is 19.6 Å². The molecule has 0 radical (unpaired) electrons. The van der Waals surface area contributed by atoms with Gasteiger partial charge in [0.1, 0.15) is 0 Å². The van der Waals surface area contributed by atoms with E-state index in [9.17, 15) is 4.79 Å². The first-order chi connectivity index (χ1) is 9.02. The van der Waals surface area contributed by atoms with Crippen LogP contribution in [0.3, 0.4) is 0 Å². The van der Waals surface area contributed by atoms with Gasteiger partial charge in [-0.3, -0.25) is 14.2 Å². The van der Waals surface area contributed by atoms with Crippen molar-refractivity contribution in [2.45, 2.75) is 39.7 Å². The summed E-state index contributed by atoms with van der Waals surface area (Å²) in [6.07, 6.45) is 4.92. The Hall–Kier alpha value is -1.91. The molecule has 0 aliphatic heterocycles. The summed E-state index contributed by atoms with van der Waals surface area (Å²) in [6, 6.07) is 2.28. The predicted octanol–water partition coefficient (Wildman–Crippen LogP) is 2.32. The first-order valence-electron chi connectivity index (χ1n) is 6.58. The zero-order valence-corrected chi connectivity index (χ0v) is 11.9. The minimum Gasteiger partial charge on any atom is -0.294 e. The van der Waals surface area contributed by atoms with Crippen molar-refractivity contribution in [2.24, 2.45) is 7.05 Å². The number of aromatic nitrogens is 4. The average Bonchev–Trinajstić information content (AvgIpc) is 2.97. The van der Waals surface area contributed by atoms with E-state index in [0.29, 0.717) is 18.0 Å². The van der Waals surface area contributed by atoms with Crippen molar-refractivity contribution in [1.29, 1.82) is 0 Å². The van der Waals surface area contributed by atoms with E-state index >= 15 is 0 Å². The molecule has 2 aromatic rings. The molecule has 5 nitrogen and oxygen atoms in total. The lowest BCUT2D eigenvalue weighted by Gasteiger charge is -2.07. The fourth-order valence-corrected chi connectivity index (χ4v) is 1.94. The molecular weight excluding hydrogens is 240 g/mol. The van der Waals surface area contributed by atoms with Crippen molar-refractivity contribution >= 4 is 5.78 Å². The standard InChI is InChI=1S/C14H20N4O/c1-5-10(2)18-7-6-12(16-18)8-14(19)13-9-15-17(4)11(13)3/h6-7,9-10H,5,8H2,1-4H3. The highest BCUT2D eigenvalue weighted by molar-refractivity contribution is 5.98. The highest BCUT2D eigenvalue weighted by Gasteiger charge is 2.15. The van der Waals surface area contributed by atoms with E-state index in [1.165, 1.54) is 0 Å². The summed E-state index contributed by atoms with van der Waals surface area (Å²) in [4.78, 5) is 12.2. The number of ketones is 1.